The maximum atomic E-state index is 11.6. The quantitative estimate of drug-likeness (QED) is 0.210. The number of hydrogen-bond acceptors (Lipinski definition) is 4. The van der Waals surface area contributed by atoms with Crippen LogP contribution in [0.4, 0.5) is 13.2 Å². The number of hydrogen-bond donors (Lipinski definition) is 4. The van der Waals surface area contributed by atoms with Crippen molar-refractivity contribution in [2.75, 3.05) is 13.1 Å². The van der Waals surface area contributed by atoms with Gasteiger partial charge in [0.15, 0.2) is 5.84 Å². The molecule has 7 nitrogen and oxygen atoms in total. The monoisotopic (exact) mass is 250 g/mol. The first-order valence-electron chi connectivity index (χ1n) is 3.44. The van der Waals surface area contributed by atoms with Gasteiger partial charge in [0.2, 0.25) is 0 Å². The first-order chi connectivity index (χ1) is 6.66. The molecule has 0 aliphatic heterocycles. The van der Waals surface area contributed by atoms with Gasteiger partial charge in [0.25, 0.3) is 10.2 Å². The number of nitrogens with two attached hydrogens (primary N) is 1. The third-order valence-electron chi connectivity index (χ3n) is 1.03. The predicted molar refractivity (Wildman–Crippen MR) is 44.4 cm³/mol. The van der Waals surface area contributed by atoms with Gasteiger partial charge in [0, 0.05) is 0 Å². The Morgan fingerprint density at radius 1 is 1.40 bits per heavy atom. The summed E-state index contributed by atoms with van der Waals surface area (Å²) < 4.78 is 59.2. The molecular formula is C4H9F3N4O3S. The molecule has 0 bridgehead atoms. The molecule has 0 rings (SSSR count). The molecule has 15 heavy (non-hydrogen) atoms. The topological polar surface area (TPSA) is 117 Å². The lowest BCUT2D eigenvalue weighted by atomic mass is 10.6. The van der Waals surface area contributed by atoms with E-state index < -0.39 is 35.3 Å². The number of alkyl halides is 3. The zero-order valence-corrected chi connectivity index (χ0v) is 8.06. The maximum absolute atomic E-state index is 11.6. The normalized spacial score (nSPS) is 14.2. The van der Waals surface area contributed by atoms with Crippen molar-refractivity contribution in [3.63, 3.8) is 0 Å². The van der Waals surface area contributed by atoms with Crippen molar-refractivity contribution >= 4 is 16.0 Å². The summed E-state index contributed by atoms with van der Waals surface area (Å²) in [6.45, 7) is -2.29. The number of nitrogens with one attached hydrogen (secondary N) is 2. The first kappa shape index (κ1) is 13.9. The summed E-state index contributed by atoms with van der Waals surface area (Å²) in [5, 5.41) is 10.4. The number of oxime groups is 1. The molecule has 0 saturated heterocycles. The van der Waals surface area contributed by atoms with Gasteiger partial charge in [-0.25, -0.2) is 0 Å². The van der Waals surface area contributed by atoms with Gasteiger partial charge >= 0.3 is 6.18 Å². The van der Waals surface area contributed by atoms with Crippen molar-refractivity contribution in [3.05, 3.63) is 0 Å². The molecule has 0 aromatic carbocycles. The summed E-state index contributed by atoms with van der Waals surface area (Å²) in [4.78, 5) is 0. The molecule has 0 amide bonds. The van der Waals surface area contributed by atoms with E-state index in [0.717, 1.165) is 0 Å². The van der Waals surface area contributed by atoms with Crippen LogP contribution in [0.1, 0.15) is 0 Å². The summed E-state index contributed by atoms with van der Waals surface area (Å²) >= 11 is 0. The van der Waals surface area contributed by atoms with Crippen LogP contribution in [-0.4, -0.2) is 38.7 Å². The molecule has 0 heterocycles. The predicted octanol–water partition coefficient (Wildman–Crippen LogP) is -1.28. The molecule has 0 atom stereocenters. The molecule has 0 aromatic rings. The summed E-state index contributed by atoms with van der Waals surface area (Å²) in [5.74, 6) is -0.479. The standard InChI is InChI=1S/C4H9F3N4O3S/c5-4(6,7)2-10-15(13,14)9-1-3(8)11-12/h9-10,12H,1-2H2,(H2,8,11). The molecule has 0 spiro atoms. The van der Waals surface area contributed by atoms with E-state index in [2.05, 4.69) is 5.16 Å². The van der Waals surface area contributed by atoms with E-state index in [1.54, 1.807) is 4.72 Å². The molecule has 0 fully saturated rings. The van der Waals surface area contributed by atoms with E-state index in [-0.39, 0.29) is 0 Å². The lowest BCUT2D eigenvalue weighted by Gasteiger charge is -2.09. The van der Waals surface area contributed by atoms with E-state index in [9.17, 15) is 21.6 Å². The highest BCUT2D eigenvalue weighted by atomic mass is 32.2. The molecule has 11 heteroatoms. The van der Waals surface area contributed by atoms with Crippen LogP contribution < -0.4 is 15.2 Å². The van der Waals surface area contributed by atoms with E-state index >= 15 is 0 Å². The highest BCUT2D eigenvalue weighted by Crippen LogP contribution is 2.12. The van der Waals surface area contributed by atoms with Gasteiger partial charge in [-0.15, -0.1) is 0 Å². The molecule has 0 aromatic heterocycles. The smallest absolute Gasteiger partial charge is 0.402 e. The lowest BCUT2D eigenvalue weighted by Crippen LogP contribution is -2.44. The van der Waals surface area contributed by atoms with Gasteiger partial charge in [-0.1, -0.05) is 5.16 Å². The number of halogens is 3. The Balaban J connectivity index is 4.10. The maximum Gasteiger partial charge on any atom is 0.402 e. The number of amidine groups is 1. The Hall–Kier alpha value is -1.07. The molecule has 0 saturated carbocycles. The molecule has 0 aliphatic carbocycles. The fourth-order valence-electron chi connectivity index (χ4n) is 0.432. The average Bonchev–Trinajstić information content (AvgIpc) is 2.10. The van der Waals surface area contributed by atoms with Crippen molar-refractivity contribution in [1.82, 2.24) is 9.44 Å². The van der Waals surface area contributed by atoms with Crippen LogP contribution in [0.2, 0.25) is 0 Å². The van der Waals surface area contributed by atoms with Crippen molar-refractivity contribution in [2.45, 2.75) is 6.18 Å². The summed E-state index contributed by atoms with van der Waals surface area (Å²) in [6, 6.07) is 0. The first-order valence-corrected chi connectivity index (χ1v) is 4.92. The molecule has 0 unspecified atom stereocenters. The average molecular weight is 250 g/mol. The van der Waals surface area contributed by atoms with E-state index in [0.29, 0.717) is 0 Å². The lowest BCUT2D eigenvalue weighted by molar-refractivity contribution is -0.121. The van der Waals surface area contributed by atoms with Crippen molar-refractivity contribution in [2.24, 2.45) is 10.9 Å². The molecule has 5 N–H and O–H groups in total. The highest BCUT2D eigenvalue weighted by molar-refractivity contribution is 7.87. The van der Waals surface area contributed by atoms with Crippen LogP contribution in [0.15, 0.2) is 5.16 Å². The highest BCUT2D eigenvalue weighted by Gasteiger charge is 2.29. The van der Waals surface area contributed by atoms with Gasteiger partial charge in [-0.3, -0.25) is 0 Å². The summed E-state index contributed by atoms with van der Waals surface area (Å²) in [7, 11) is -4.31. The summed E-state index contributed by atoms with van der Waals surface area (Å²) in [6.07, 6.45) is -4.65. The summed E-state index contributed by atoms with van der Waals surface area (Å²) in [5.41, 5.74) is 4.89. The van der Waals surface area contributed by atoms with Crippen molar-refractivity contribution in [3.8, 4) is 0 Å². The largest absolute Gasteiger partial charge is 0.409 e. The Bertz CT molecular complexity index is 325. The minimum absolute atomic E-state index is 0.479. The fourth-order valence-corrected chi connectivity index (χ4v) is 1.23. The third kappa shape index (κ3) is 7.96. The Morgan fingerprint density at radius 2 is 1.93 bits per heavy atom. The second-order valence-electron chi connectivity index (χ2n) is 2.35. The Labute approximate surface area is 83.3 Å². The van der Waals surface area contributed by atoms with Gasteiger partial charge in [0.1, 0.15) is 6.54 Å². The second-order valence-corrected chi connectivity index (χ2v) is 3.94. The van der Waals surface area contributed by atoms with Crippen LogP contribution in [0.5, 0.6) is 0 Å². The fraction of sp³-hybridized carbons (Fsp3) is 0.750. The Morgan fingerprint density at radius 3 is 2.33 bits per heavy atom. The van der Waals surface area contributed by atoms with E-state index in [1.807, 2.05) is 0 Å². The zero-order chi connectivity index (χ0) is 12.1. The van der Waals surface area contributed by atoms with Crippen LogP contribution in [0, 0.1) is 0 Å². The van der Waals surface area contributed by atoms with Gasteiger partial charge < -0.3 is 10.9 Å². The number of nitrogens with zero attached hydrogens (tertiary/aromatic N) is 1. The van der Waals surface area contributed by atoms with E-state index in [1.165, 1.54) is 4.72 Å². The van der Waals surface area contributed by atoms with Crippen LogP contribution in [0.3, 0.4) is 0 Å². The van der Waals surface area contributed by atoms with Crippen LogP contribution >= 0.6 is 0 Å². The van der Waals surface area contributed by atoms with Gasteiger partial charge in [-0.2, -0.15) is 31.0 Å². The molecular weight excluding hydrogens is 241 g/mol. The second kappa shape index (κ2) is 5.14. The van der Waals surface area contributed by atoms with Crippen molar-refractivity contribution in [1.29, 1.82) is 0 Å². The minimum atomic E-state index is -4.65. The molecule has 0 aliphatic rings. The van der Waals surface area contributed by atoms with Crippen LogP contribution in [-0.2, 0) is 10.2 Å². The molecule has 0 radical (unpaired) electrons. The van der Waals surface area contributed by atoms with Gasteiger partial charge in [0.05, 0.1) is 6.54 Å². The minimum Gasteiger partial charge on any atom is -0.409 e. The zero-order valence-electron chi connectivity index (χ0n) is 7.24. The van der Waals surface area contributed by atoms with Crippen molar-refractivity contribution < 1.29 is 26.8 Å². The SMILES string of the molecule is NC(CNS(=O)(=O)NCC(F)(F)F)=NO. The Kier molecular flexibility index (Phi) is 4.77. The number of rotatable bonds is 5. The molecule has 90 valence electrons. The van der Waals surface area contributed by atoms with Gasteiger partial charge in [-0.05, 0) is 0 Å². The third-order valence-corrected chi connectivity index (χ3v) is 2.08. The van der Waals surface area contributed by atoms with Crippen LogP contribution in [0.25, 0.3) is 0 Å². The van der Waals surface area contributed by atoms with E-state index in [4.69, 9.17) is 10.9 Å².